The molecule has 0 bridgehead atoms. The zero-order chi connectivity index (χ0) is 13.1. The number of nitrogens with zero attached hydrogens (tertiary/aromatic N) is 2. The predicted octanol–water partition coefficient (Wildman–Crippen LogP) is 2.20. The van der Waals surface area contributed by atoms with E-state index < -0.39 is 0 Å². The number of nitriles is 1. The normalized spacial score (nSPS) is 14.0. The lowest BCUT2D eigenvalue weighted by Gasteiger charge is -2.22. The van der Waals surface area contributed by atoms with Gasteiger partial charge in [0.1, 0.15) is 16.5 Å². The molecule has 2 rings (SSSR count). The van der Waals surface area contributed by atoms with Gasteiger partial charge >= 0.3 is 0 Å². The fourth-order valence-corrected chi connectivity index (χ4v) is 2.92. The van der Waals surface area contributed by atoms with Crippen LogP contribution in [0.2, 0.25) is 0 Å². The largest absolute Gasteiger partial charge is 0.384 e. The molecule has 0 unspecified atom stereocenters. The van der Waals surface area contributed by atoms with E-state index in [1.807, 2.05) is 4.57 Å². The lowest BCUT2D eigenvalue weighted by atomic mass is 9.90. The molecule has 1 aliphatic carbocycles. The van der Waals surface area contributed by atoms with Crippen LogP contribution in [-0.4, -0.2) is 18.3 Å². The molecule has 0 aliphatic heterocycles. The first-order chi connectivity index (χ1) is 8.70. The standard InChI is InChI=1S/C13H17N3OS/c1-17-7-6-16-12(15)11(8-14)9-4-2-3-5-10(9)13(16)18/h2-7,15H2,1H3. The van der Waals surface area contributed by atoms with Crippen LogP contribution in [0.15, 0.2) is 0 Å². The summed E-state index contributed by atoms with van der Waals surface area (Å²) in [4.78, 5) is 0. The number of aromatic nitrogens is 1. The van der Waals surface area contributed by atoms with Gasteiger partial charge in [0, 0.05) is 13.7 Å². The summed E-state index contributed by atoms with van der Waals surface area (Å²) in [6.45, 7) is 1.14. The van der Waals surface area contributed by atoms with Crippen molar-refractivity contribution in [2.75, 3.05) is 19.5 Å². The quantitative estimate of drug-likeness (QED) is 0.849. The first kappa shape index (κ1) is 13.1. The Morgan fingerprint density at radius 3 is 2.67 bits per heavy atom. The number of fused-ring (bicyclic) bond motifs is 1. The van der Waals surface area contributed by atoms with Crippen molar-refractivity contribution in [3.05, 3.63) is 21.3 Å². The molecule has 1 aromatic rings. The van der Waals surface area contributed by atoms with Gasteiger partial charge in [-0.05, 0) is 36.8 Å². The average molecular weight is 263 g/mol. The van der Waals surface area contributed by atoms with E-state index in [1.54, 1.807) is 7.11 Å². The van der Waals surface area contributed by atoms with Crippen molar-refractivity contribution in [3.63, 3.8) is 0 Å². The van der Waals surface area contributed by atoms with Crippen molar-refractivity contribution in [2.24, 2.45) is 0 Å². The highest BCUT2D eigenvalue weighted by molar-refractivity contribution is 7.71. The second-order valence-corrected chi connectivity index (χ2v) is 4.87. The third-order valence-electron chi connectivity index (χ3n) is 3.45. The summed E-state index contributed by atoms with van der Waals surface area (Å²) in [6, 6.07) is 2.23. The van der Waals surface area contributed by atoms with Gasteiger partial charge < -0.3 is 15.0 Å². The molecule has 96 valence electrons. The van der Waals surface area contributed by atoms with Crippen LogP contribution >= 0.6 is 12.2 Å². The lowest BCUT2D eigenvalue weighted by Crippen LogP contribution is -2.18. The molecule has 2 N–H and O–H groups in total. The maximum absolute atomic E-state index is 9.31. The van der Waals surface area contributed by atoms with Gasteiger partial charge in [-0.15, -0.1) is 0 Å². The number of rotatable bonds is 3. The monoisotopic (exact) mass is 263 g/mol. The van der Waals surface area contributed by atoms with E-state index in [0.29, 0.717) is 24.5 Å². The van der Waals surface area contributed by atoms with Crippen LogP contribution in [0.25, 0.3) is 0 Å². The van der Waals surface area contributed by atoms with Gasteiger partial charge in [-0.1, -0.05) is 12.2 Å². The summed E-state index contributed by atoms with van der Waals surface area (Å²) < 4.78 is 7.68. The topological polar surface area (TPSA) is 64.0 Å². The number of anilines is 1. The van der Waals surface area contributed by atoms with Crippen LogP contribution in [0.4, 0.5) is 5.82 Å². The SMILES string of the molecule is COCCn1c(N)c(C#N)c2c(c1=S)CCCC2. The minimum atomic E-state index is 0.486. The molecule has 0 aromatic carbocycles. The number of methoxy groups -OCH3 is 1. The molecule has 0 atom stereocenters. The summed E-state index contributed by atoms with van der Waals surface area (Å²) in [7, 11) is 1.64. The number of hydrogen-bond donors (Lipinski definition) is 1. The number of nitrogen functional groups attached to an aromatic ring is 1. The summed E-state index contributed by atoms with van der Waals surface area (Å²) in [5.41, 5.74) is 8.89. The molecule has 4 nitrogen and oxygen atoms in total. The highest BCUT2D eigenvalue weighted by Crippen LogP contribution is 2.29. The predicted molar refractivity (Wildman–Crippen MR) is 72.9 cm³/mol. The van der Waals surface area contributed by atoms with E-state index in [9.17, 15) is 5.26 Å². The van der Waals surface area contributed by atoms with E-state index in [2.05, 4.69) is 6.07 Å². The van der Waals surface area contributed by atoms with Gasteiger partial charge in [0.05, 0.1) is 12.2 Å². The van der Waals surface area contributed by atoms with Crippen molar-refractivity contribution >= 4 is 18.0 Å². The van der Waals surface area contributed by atoms with Crippen molar-refractivity contribution < 1.29 is 4.74 Å². The molecular weight excluding hydrogens is 246 g/mol. The van der Waals surface area contributed by atoms with Crippen molar-refractivity contribution in [2.45, 2.75) is 32.2 Å². The Balaban J connectivity index is 2.62. The molecule has 0 spiro atoms. The Kier molecular flexibility index (Phi) is 4.00. The van der Waals surface area contributed by atoms with Crippen LogP contribution < -0.4 is 5.73 Å². The van der Waals surface area contributed by atoms with Crippen molar-refractivity contribution in [1.82, 2.24) is 4.57 Å². The van der Waals surface area contributed by atoms with Gasteiger partial charge in [-0.3, -0.25) is 0 Å². The number of hydrogen-bond acceptors (Lipinski definition) is 4. The number of nitrogens with two attached hydrogens (primary N) is 1. The Morgan fingerprint density at radius 2 is 2.06 bits per heavy atom. The number of pyridine rings is 1. The van der Waals surface area contributed by atoms with Gasteiger partial charge in [0.15, 0.2) is 0 Å². The first-order valence-electron chi connectivity index (χ1n) is 6.13. The van der Waals surface area contributed by atoms with Crippen LogP contribution in [0.3, 0.4) is 0 Å². The Hall–Kier alpha value is -1.38. The highest BCUT2D eigenvalue weighted by atomic mass is 32.1. The van der Waals surface area contributed by atoms with Gasteiger partial charge in [-0.25, -0.2) is 0 Å². The third kappa shape index (κ3) is 2.14. The Bertz CT molecular complexity index is 557. The van der Waals surface area contributed by atoms with E-state index in [4.69, 9.17) is 22.7 Å². The molecule has 0 fully saturated rings. The maximum Gasteiger partial charge on any atom is 0.122 e. The molecular formula is C13H17N3OS. The Morgan fingerprint density at radius 1 is 1.39 bits per heavy atom. The van der Waals surface area contributed by atoms with E-state index in [-0.39, 0.29) is 0 Å². The van der Waals surface area contributed by atoms with Crippen molar-refractivity contribution in [1.29, 1.82) is 5.26 Å². The third-order valence-corrected chi connectivity index (χ3v) is 3.92. The summed E-state index contributed by atoms with van der Waals surface area (Å²) >= 11 is 5.51. The summed E-state index contributed by atoms with van der Waals surface area (Å²) in [5.74, 6) is 0.486. The van der Waals surface area contributed by atoms with E-state index in [1.165, 1.54) is 0 Å². The lowest BCUT2D eigenvalue weighted by molar-refractivity contribution is 0.187. The van der Waals surface area contributed by atoms with Crippen LogP contribution in [0, 0.1) is 16.0 Å². The smallest absolute Gasteiger partial charge is 0.122 e. The summed E-state index contributed by atoms with van der Waals surface area (Å²) in [6.07, 6.45) is 4.11. The van der Waals surface area contributed by atoms with Crippen LogP contribution in [0.5, 0.6) is 0 Å². The van der Waals surface area contributed by atoms with Gasteiger partial charge in [-0.2, -0.15) is 5.26 Å². The molecule has 18 heavy (non-hydrogen) atoms. The first-order valence-corrected chi connectivity index (χ1v) is 6.54. The molecule has 0 radical (unpaired) electrons. The Labute approximate surface area is 112 Å². The maximum atomic E-state index is 9.31. The van der Waals surface area contributed by atoms with E-state index >= 15 is 0 Å². The summed E-state index contributed by atoms with van der Waals surface area (Å²) in [5, 5.41) is 9.31. The molecule has 0 saturated carbocycles. The van der Waals surface area contributed by atoms with E-state index in [0.717, 1.165) is 41.5 Å². The number of ether oxygens (including phenoxy) is 1. The van der Waals surface area contributed by atoms with Gasteiger partial charge in [0.25, 0.3) is 0 Å². The minimum absolute atomic E-state index is 0.486. The molecule has 5 heteroatoms. The molecule has 0 amide bonds. The molecule has 0 saturated heterocycles. The minimum Gasteiger partial charge on any atom is -0.384 e. The van der Waals surface area contributed by atoms with Crippen LogP contribution in [-0.2, 0) is 24.1 Å². The fraction of sp³-hybridized carbons (Fsp3) is 0.538. The molecule has 1 heterocycles. The second kappa shape index (κ2) is 5.51. The van der Waals surface area contributed by atoms with Crippen molar-refractivity contribution in [3.8, 4) is 6.07 Å². The zero-order valence-corrected chi connectivity index (χ0v) is 11.3. The highest BCUT2D eigenvalue weighted by Gasteiger charge is 2.20. The molecule has 1 aromatic heterocycles. The fourth-order valence-electron chi connectivity index (χ4n) is 2.51. The second-order valence-electron chi connectivity index (χ2n) is 4.49. The zero-order valence-electron chi connectivity index (χ0n) is 10.5. The average Bonchev–Trinajstić information content (AvgIpc) is 2.39. The van der Waals surface area contributed by atoms with Gasteiger partial charge in [0.2, 0.25) is 0 Å². The molecule has 1 aliphatic rings. The van der Waals surface area contributed by atoms with Crippen LogP contribution in [0.1, 0.15) is 29.5 Å².